The Bertz CT molecular complexity index is 1230. The molecule has 2 amide bonds. The van der Waals surface area contributed by atoms with Crippen molar-refractivity contribution in [3.05, 3.63) is 0 Å². The summed E-state index contributed by atoms with van der Waals surface area (Å²) in [4.78, 5) is 35.4. The van der Waals surface area contributed by atoms with Crippen molar-refractivity contribution in [3.63, 3.8) is 0 Å². The summed E-state index contributed by atoms with van der Waals surface area (Å²) in [5, 5.41) is 0. The average Bonchev–Trinajstić information content (AvgIpc) is 3.26. The van der Waals surface area contributed by atoms with Gasteiger partial charge in [0.25, 0.3) is 0 Å². The molecule has 4 heterocycles. The zero-order chi connectivity index (χ0) is 40.7. The van der Waals surface area contributed by atoms with E-state index in [1.165, 1.54) is 142 Å². The van der Waals surface area contributed by atoms with Crippen LogP contribution in [0.4, 0.5) is 0 Å². The van der Waals surface area contributed by atoms with Gasteiger partial charge in [0.2, 0.25) is 11.8 Å². The maximum atomic E-state index is 12.7. The summed E-state index contributed by atoms with van der Waals surface area (Å²) in [6.07, 6.45) is 33.9. The topological polar surface area (TPSA) is 84.0 Å². The van der Waals surface area contributed by atoms with E-state index in [0.717, 1.165) is 114 Å². The number of morpholine rings is 2. The number of carbonyl (C=O) groups is 2. The summed E-state index contributed by atoms with van der Waals surface area (Å²) in [6, 6.07) is 3.12. The lowest BCUT2D eigenvalue weighted by Gasteiger charge is -2.50. The van der Waals surface area contributed by atoms with Crippen LogP contribution in [0.25, 0.3) is 0 Å². The Morgan fingerprint density at radius 3 is 1.08 bits per heavy atom. The van der Waals surface area contributed by atoms with Crippen molar-refractivity contribution in [2.45, 2.75) is 215 Å². The zero-order valence-corrected chi connectivity index (χ0v) is 37.6. The van der Waals surface area contributed by atoms with Crippen molar-refractivity contribution in [3.8, 4) is 0 Å². The van der Waals surface area contributed by atoms with Crippen molar-refractivity contribution < 1.29 is 28.5 Å². The van der Waals surface area contributed by atoms with Gasteiger partial charge in [0, 0.05) is 76.8 Å². The average molecular weight is 837 g/mol. The molecule has 0 bridgehead atoms. The Labute approximate surface area is 363 Å². The quantitative estimate of drug-likeness (QED) is 0.196. The van der Waals surface area contributed by atoms with Crippen LogP contribution in [0.1, 0.15) is 167 Å². The van der Waals surface area contributed by atoms with Gasteiger partial charge in [-0.05, 0) is 152 Å². The molecule has 6 saturated carbocycles. The summed E-state index contributed by atoms with van der Waals surface area (Å²) in [5.41, 5.74) is 0. The predicted octanol–water partition coefficient (Wildman–Crippen LogP) is 7.99. The minimum atomic E-state index is 0.249. The smallest absolute Gasteiger partial charge is 0.249 e. The highest BCUT2D eigenvalue weighted by Gasteiger charge is 2.44. The molecule has 0 aromatic heterocycles. The number of hydrogen-bond acceptors (Lipinski definition) is 8. The molecule has 0 aromatic rings. The number of rotatable bonds is 12. The Morgan fingerprint density at radius 2 is 0.733 bits per heavy atom. The fourth-order valence-corrected chi connectivity index (χ4v) is 13.5. The number of amides is 2. The number of piperidine rings is 2. The third-order valence-electron chi connectivity index (χ3n) is 17.8. The Balaban J connectivity index is 0.000000154. The monoisotopic (exact) mass is 837 g/mol. The highest BCUT2D eigenvalue weighted by atomic mass is 16.5. The van der Waals surface area contributed by atoms with Gasteiger partial charge in [-0.3, -0.25) is 9.59 Å². The number of carbonyl (C=O) groups excluding carboxylic acids is 2. The molecule has 4 aliphatic heterocycles. The number of nitrogens with zero attached hydrogens (tertiary/aromatic N) is 4. The molecular formula is C50H84N4O6. The SMILES string of the molecule is O=C1CO[C@H]2CCCC[C@@H]2N1C1CCN(C2CCC(COCC3CCC3)CC2)CC1.O=C1CO[C@H]2CCCC[C@@H]2N1C1CCN(C2CCC(COCC3CCC3)CC2)CC1. The van der Waals surface area contributed by atoms with Crippen LogP contribution in [-0.4, -0.2) is 146 Å². The van der Waals surface area contributed by atoms with Crippen molar-refractivity contribution in [2.24, 2.45) is 23.7 Å². The molecule has 0 radical (unpaired) electrons. The van der Waals surface area contributed by atoms with Gasteiger partial charge in [-0.25, -0.2) is 0 Å². The van der Waals surface area contributed by atoms with E-state index in [-0.39, 0.29) is 11.8 Å². The van der Waals surface area contributed by atoms with Gasteiger partial charge < -0.3 is 38.5 Å². The number of likely N-dealkylation sites (tertiary alicyclic amines) is 2. The molecule has 4 atom stereocenters. The lowest BCUT2D eigenvalue weighted by atomic mass is 9.84. The standard InChI is InChI=1S/2C25H42N2O3/c2*28-25-18-30-24-7-2-1-6-23(24)27(25)22-12-14-26(15-13-22)21-10-8-20(9-11-21)17-29-16-19-4-3-5-19/h2*19-24H,1-18H2/t2*20?,21?,23-,24-/m00/s1. The highest BCUT2D eigenvalue weighted by molar-refractivity contribution is 5.79. The van der Waals surface area contributed by atoms with Gasteiger partial charge in [-0.15, -0.1) is 0 Å². The van der Waals surface area contributed by atoms with Crippen LogP contribution >= 0.6 is 0 Å². The second kappa shape index (κ2) is 21.6. The molecule has 60 heavy (non-hydrogen) atoms. The maximum Gasteiger partial charge on any atom is 0.249 e. The molecule has 10 heteroatoms. The molecule has 10 rings (SSSR count). The molecular weight excluding hydrogens is 753 g/mol. The fraction of sp³-hybridized carbons (Fsp3) is 0.960. The van der Waals surface area contributed by atoms with E-state index in [0.29, 0.717) is 49.6 Å². The molecule has 10 aliphatic rings. The van der Waals surface area contributed by atoms with E-state index in [1.807, 2.05) is 0 Å². The maximum absolute atomic E-state index is 12.7. The van der Waals surface area contributed by atoms with Crippen LogP contribution in [0.2, 0.25) is 0 Å². The van der Waals surface area contributed by atoms with E-state index in [2.05, 4.69) is 19.6 Å². The van der Waals surface area contributed by atoms with E-state index >= 15 is 0 Å². The summed E-state index contributed by atoms with van der Waals surface area (Å²) in [6.45, 7) is 9.30. The van der Waals surface area contributed by atoms with Crippen molar-refractivity contribution in [1.29, 1.82) is 0 Å². The summed E-state index contributed by atoms with van der Waals surface area (Å²) in [5.74, 6) is 3.80. The normalized spacial score (nSPS) is 37.1. The zero-order valence-electron chi connectivity index (χ0n) is 37.6. The Morgan fingerprint density at radius 1 is 0.383 bits per heavy atom. The lowest BCUT2D eigenvalue weighted by Crippen LogP contribution is -2.61. The largest absolute Gasteiger partial charge is 0.381 e. The first kappa shape index (κ1) is 43.9. The van der Waals surface area contributed by atoms with Gasteiger partial charge in [0.15, 0.2) is 0 Å². The van der Waals surface area contributed by atoms with E-state index in [4.69, 9.17) is 18.9 Å². The number of ether oxygens (including phenoxy) is 4. The van der Waals surface area contributed by atoms with Crippen molar-refractivity contribution >= 4 is 11.8 Å². The number of fused-ring (bicyclic) bond motifs is 2. The molecule has 10 fully saturated rings. The third-order valence-corrected chi connectivity index (χ3v) is 17.8. The van der Waals surface area contributed by atoms with Crippen LogP contribution < -0.4 is 0 Å². The second-order valence-electron chi connectivity index (χ2n) is 21.6. The first-order chi connectivity index (χ1) is 29.6. The molecule has 0 aromatic carbocycles. The first-order valence-corrected chi connectivity index (χ1v) is 26.0. The summed E-state index contributed by atoms with van der Waals surface area (Å²) in [7, 11) is 0. The molecule has 0 spiro atoms. The summed E-state index contributed by atoms with van der Waals surface area (Å²) < 4.78 is 23.8. The van der Waals surface area contributed by atoms with Crippen molar-refractivity contribution in [2.75, 3.05) is 65.8 Å². The van der Waals surface area contributed by atoms with Crippen LogP contribution in [0.5, 0.6) is 0 Å². The third kappa shape index (κ3) is 11.0. The molecule has 10 nitrogen and oxygen atoms in total. The first-order valence-electron chi connectivity index (χ1n) is 26.0. The minimum Gasteiger partial charge on any atom is -0.381 e. The van der Waals surface area contributed by atoms with E-state index in [9.17, 15) is 9.59 Å². The van der Waals surface area contributed by atoms with E-state index in [1.54, 1.807) is 0 Å². The lowest BCUT2D eigenvalue weighted by molar-refractivity contribution is -0.167. The Hall–Kier alpha value is -1.30. The van der Waals surface area contributed by atoms with Crippen LogP contribution in [-0.2, 0) is 28.5 Å². The molecule has 340 valence electrons. The minimum absolute atomic E-state index is 0.249. The van der Waals surface area contributed by atoms with Crippen molar-refractivity contribution in [1.82, 2.24) is 19.6 Å². The van der Waals surface area contributed by atoms with Crippen LogP contribution in [0.3, 0.4) is 0 Å². The van der Waals surface area contributed by atoms with Crippen LogP contribution in [0.15, 0.2) is 0 Å². The number of hydrogen-bond donors (Lipinski definition) is 0. The molecule has 0 unspecified atom stereocenters. The molecule has 0 N–H and O–H groups in total. The van der Waals surface area contributed by atoms with Gasteiger partial charge >= 0.3 is 0 Å². The van der Waals surface area contributed by atoms with Crippen LogP contribution in [0, 0.1) is 23.7 Å². The second-order valence-corrected chi connectivity index (χ2v) is 21.6. The van der Waals surface area contributed by atoms with Gasteiger partial charge in [-0.1, -0.05) is 38.5 Å². The van der Waals surface area contributed by atoms with Gasteiger partial charge in [0.05, 0.1) is 24.3 Å². The summed E-state index contributed by atoms with van der Waals surface area (Å²) >= 11 is 0. The molecule has 4 saturated heterocycles. The fourth-order valence-electron chi connectivity index (χ4n) is 13.5. The Kier molecular flexibility index (Phi) is 15.8. The van der Waals surface area contributed by atoms with Gasteiger partial charge in [0.1, 0.15) is 13.2 Å². The van der Waals surface area contributed by atoms with E-state index < -0.39 is 0 Å². The van der Waals surface area contributed by atoms with Gasteiger partial charge in [-0.2, -0.15) is 0 Å². The highest BCUT2D eigenvalue weighted by Crippen LogP contribution is 2.37. The molecule has 6 aliphatic carbocycles. The predicted molar refractivity (Wildman–Crippen MR) is 235 cm³/mol.